The van der Waals surface area contributed by atoms with Crippen LogP contribution in [0, 0.1) is 13.8 Å². The Bertz CT molecular complexity index is 559. The molecule has 1 aliphatic heterocycles. The molecule has 0 bridgehead atoms. The summed E-state index contributed by atoms with van der Waals surface area (Å²) in [5.41, 5.74) is 3.54. The Labute approximate surface area is 129 Å². The van der Waals surface area contributed by atoms with Crippen molar-refractivity contribution in [1.82, 2.24) is 10.2 Å². The fraction of sp³-hybridized carbons (Fsp3) is 0.562. The van der Waals surface area contributed by atoms with E-state index in [0.717, 1.165) is 12.0 Å². The molecule has 0 saturated carbocycles. The van der Waals surface area contributed by atoms with Gasteiger partial charge in [0.05, 0.1) is 6.54 Å². The molecule has 1 aliphatic rings. The summed E-state index contributed by atoms with van der Waals surface area (Å²) < 4.78 is 11.5. The third kappa shape index (κ3) is 3.71. The summed E-state index contributed by atoms with van der Waals surface area (Å²) in [7, 11) is -0.844. The lowest BCUT2D eigenvalue weighted by Crippen LogP contribution is -2.33. The maximum Gasteiger partial charge on any atom is 0.238 e. The van der Waals surface area contributed by atoms with Crippen LogP contribution in [0.3, 0.4) is 0 Å². The lowest BCUT2D eigenvalue weighted by Gasteiger charge is -2.27. The van der Waals surface area contributed by atoms with Crippen LogP contribution in [0.2, 0.25) is 0 Å². The van der Waals surface area contributed by atoms with Crippen LogP contribution in [0.25, 0.3) is 0 Å². The zero-order valence-corrected chi connectivity index (χ0v) is 14.0. The molecule has 0 aliphatic carbocycles. The summed E-state index contributed by atoms with van der Waals surface area (Å²) >= 11 is 0. The highest BCUT2D eigenvalue weighted by Gasteiger charge is 2.32. The van der Waals surface area contributed by atoms with Crippen molar-refractivity contribution in [2.24, 2.45) is 0 Å². The molecular weight excluding hydrogens is 284 g/mol. The van der Waals surface area contributed by atoms with Crippen LogP contribution in [0.15, 0.2) is 18.2 Å². The molecule has 1 saturated heterocycles. The number of benzene rings is 1. The smallest absolute Gasteiger partial charge is 0.238 e. The minimum absolute atomic E-state index is 0.0603. The monoisotopic (exact) mass is 308 g/mol. The molecule has 1 fully saturated rings. The highest BCUT2D eigenvalue weighted by molar-refractivity contribution is 7.84. The third-order valence-corrected chi connectivity index (χ3v) is 5.52. The van der Waals surface area contributed by atoms with Gasteiger partial charge in [-0.15, -0.1) is 0 Å². The molecule has 1 heterocycles. The van der Waals surface area contributed by atoms with Crippen LogP contribution >= 0.6 is 0 Å². The van der Waals surface area contributed by atoms with Crippen LogP contribution in [0.5, 0.6) is 0 Å². The number of carbonyl (C=O) groups is 1. The van der Waals surface area contributed by atoms with E-state index < -0.39 is 10.8 Å². The first-order chi connectivity index (χ1) is 9.90. The second-order valence-electron chi connectivity index (χ2n) is 5.83. The second-order valence-corrected chi connectivity index (χ2v) is 7.63. The van der Waals surface area contributed by atoms with E-state index in [2.05, 4.69) is 37.4 Å². The van der Waals surface area contributed by atoms with Gasteiger partial charge in [0, 0.05) is 28.9 Å². The van der Waals surface area contributed by atoms with Crippen LogP contribution in [0.1, 0.15) is 36.2 Å². The van der Waals surface area contributed by atoms with Gasteiger partial charge in [0.2, 0.25) is 5.91 Å². The van der Waals surface area contributed by atoms with Crippen LogP contribution in [-0.4, -0.2) is 39.6 Å². The highest BCUT2D eigenvalue weighted by Crippen LogP contribution is 2.26. The highest BCUT2D eigenvalue weighted by atomic mass is 32.2. The quantitative estimate of drug-likeness (QED) is 0.904. The zero-order valence-electron chi connectivity index (χ0n) is 13.2. The Morgan fingerprint density at radius 2 is 2.14 bits per heavy atom. The molecule has 1 N–H and O–H groups in total. The molecule has 4 nitrogen and oxygen atoms in total. The SMILES string of the molecule is Cc1ccc(C)c(C2NCC(=O)N2CCC(C)S(C)=O)c1. The van der Waals surface area contributed by atoms with Gasteiger partial charge in [0.1, 0.15) is 6.17 Å². The van der Waals surface area contributed by atoms with Crippen molar-refractivity contribution in [3.8, 4) is 0 Å². The minimum atomic E-state index is -0.844. The van der Waals surface area contributed by atoms with Crippen molar-refractivity contribution in [2.45, 2.75) is 38.6 Å². The minimum Gasteiger partial charge on any atom is -0.322 e. The summed E-state index contributed by atoms with van der Waals surface area (Å²) in [4.78, 5) is 14.0. The molecule has 116 valence electrons. The predicted molar refractivity (Wildman–Crippen MR) is 86.5 cm³/mol. The normalized spacial score (nSPS) is 21.6. The van der Waals surface area contributed by atoms with Gasteiger partial charge in [0.25, 0.3) is 0 Å². The van der Waals surface area contributed by atoms with Crippen molar-refractivity contribution in [3.63, 3.8) is 0 Å². The number of aryl methyl sites for hydroxylation is 2. The van der Waals surface area contributed by atoms with E-state index in [-0.39, 0.29) is 17.3 Å². The fourth-order valence-electron chi connectivity index (χ4n) is 2.61. The number of amides is 1. The molecular formula is C16H24N2O2S. The first-order valence-corrected chi connectivity index (χ1v) is 8.94. The average molecular weight is 308 g/mol. The van der Waals surface area contributed by atoms with Gasteiger partial charge < -0.3 is 4.90 Å². The molecule has 1 aromatic rings. The van der Waals surface area contributed by atoms with Crippen molar-refractivity contribution in [3.05, 3.63) is 34.9 Å². The van der Waals surface area contributed by atoms with E-state index in [0.29, 0.717) is 13.1 Å². The second kappa shape index (κ2) is 6.71. The summed E-state index contributed by atoms with van der Waals surface area (Å²) in [6.45, 7) is 7.12. The van der Waals surface area contributed by atoms with Gasteiger partial charge in [-0.25, -0.2) is 0 Å². The summed E-state index contributed by atoms with van der Waals surface area (Å²) in [6.07, 6.45) is 2.42. The molecule has 0 radical (unpaired) electrons. The van der Waals surface area contributed by atoms with E-state index in [1.807, 2.05) is 11.8 Å². The van der Waals surface area contributed by atoms with Crippen molar-refractivity contribution >= 4 is 16.7 Å². The largest absolute Gasteiger partial charge is 0.322 e. The first kappa shape index (κ1) is 16.2. The van der Waals surface area contributed by atoms with Crippen LogP contribution in [0.4, 0.5) is 0 Å². The summed E-state index contributed by atoms with van der Waals surface area (Å²) in [6, 6.07) is 6.32. The molecule has 5 heteroatoms. The van der Waals surface area contributed by atoms with Crippen molar-refractivity contribution in [1.29, 1.82) is 0 Å². The van der Waals surface area contributed by atoms with E-state index in [4.69, 9.17) is 0 Å². The van der Waals surface area contributed by atoms with Gasteiger partial charge >= 0.3 is 0 Å². The van der Waals surface area contributed by atoms with E-state index >= 15 is 0 Å². The third-order valence-electron chi connectivity index (χ3n) is 4.15. The Kier molecular flexibility index (Phi) is 5.17. The fourth-order valence-corrected chi connectivity index (χ4v) is 3.05. The number of nitrogens with zero attached hydrogens (tertiary/aromatic N) is 1. The van der Waals surface area contributed by atoms with Gasteiger partial charge in [0.15, 0.2) is 0 Å². The van der Waals surface area contributed by atoms with Gasteiger partial charge in [-0.2, -0.15) is 0 Å². The first-order valence-electron chi connectivity index (χ1n) is 7.32. The topological polar surface area (TPSA) is 49.4 Å². The molecule has 1 amide bonds. The lowest BCUT2D eigenvalue weighted by molar-refractivity contribution is -0.128. The number of hydrogen-bond acceptors (Lipinski definition) is 3. The number of nitrogens with one attached hydrogen (secondary N) is 1. The Morgan fingerprint density at radius 1 is 1.43 bits per heavy atom. The summed E-state index contributed by atoms with van der Waals surface area (Å²) in [5.74, 6) is 0.120. The molecule has 3 unspecified atom stereocenters. The van der Waals surface area contributed by atoms with Gasteiger partial charge in [-0.05, 0) is 31.4 Å². The zero-order chi connectivity index (χ0) is 15.6. The van der Waals surface area contributed by atoms with E-state index in [1.165, 1.54) is 11.1 Å². The Balaban J connectivity index is 2.16. The summed E-state index contributed by atoms with van der Waals surface area (Å²) in [5, 5.41) is 3.40. The van der Waals surface area contributed by atoms with Crippen LogP contribution in [-0.2, 0) is 15.6 Å². The van der Waals surface area contributed by atoms with Gasteiger partial charge in [-0.1, -0.05) is 30.7 Å². The average Bonchev–Trinajstić information content (AvgIpc) is 2.79. The number of carbonyl (C=O) groups excluding carboxylic acids is 1. The van der Waals surface area contributed by atoms with Crippen LogP contribution < -0.4 is 5.32 Å². The van der Waals surface area contributed by atoms with Crippen molar-refractivity contribution in [2.75, 3.05) is 19.3 Å². The Morgan fingerprint density at radius 3 is 2.81 bits per heavy atom. The number of rotatable bonds is 5. The van der Waals surface area contributed by atoms with E-state index in [9.17, 15) is 9.00 Å². The van der Waals surface area contributed by atoms with Gasteiger partial charge in [-0.3, -0.25) is 14.3 Å². The predicted octanol–water partition coefficient (Wildman–Crippen LogP) is 1.89. The van der Waals surface area contributed by atoms with Crippen molar-refractivity contribution < 1.29 is 9.00 Å². The molecule has 1 aromatic carbocycles. The molecule has 0 spiro atoms. The lowest BCUT2D eigenvalue weighted by atomic mass is 10.0. The maximum absolute atomic E-state index is 12.1. The molecule has 21 heavy (non-hydrogen) atoms. The molecule has 3 atom stereocenters. The Hall–Kier alpha value is -1.20. The number of hydrogen-bond donors (Lipinski definition) is 1. The maximum atomic E-state index is 12.1. The van der Waals surface area contributed by atoms with E-state index in [1.54, 1.807) is 6.26 Å². The molecule has 2 rings (SSSR count). The standard InChI is InChI=1S/C16H24N2O2S/c1-11-5-6-12(2)14(9-11)16-17-10-15(19)18(16)8-7-13(3)21(4)20/h5-6,9,13,16-17H,7-8,10H2,1-4H3. The molecule has 0 aromatic heterocycles.